The Hall–Kier alpha value is -1.09. The lowest BCUT2D eigenvalue weighted by atomic mass is 9.35. The first-order valence-electron chi connectivity index (χ1n) is 14.1. The quantitative estimate of drug-likeness (QED) is 0.444. The predicted molar refractivity (Wildman–Crippen MR) is 137 cm³/mol. The number of rotatable bonds is 2. The number of aliphatic hydroxyl groups excluding tert-OH is 1. The van der Waals surface area contributed by atoms with Gasteiger partial charge in [0, 0.05) is 0 Å². The maximum atomic E-state index is 12.1. The molecule has 0 amide bonds. The Morgan fingerprint density at radius 2 is 1.62 bits per heavy atom. The summed E-state index contributed by atoms with van der Waals surface area (Å²) in [6.07, 6.45) is 13.8. The molecule has 0 aromatic heterocycles. The van der Waals surface area contributed by atoms with E-state index in [-0.39, 0.29) is 33.2 Å². The van der Waals surface area contributed by atoms with E-state index in [9.17, 15) is 15.0 Å². The number of fused-ring (bicyclic) bond motifs is 7. The highest BCUT2D eigenvalue weighted by molar-refractivity contribution is 5.68. The maximum absolute atomic E-state index is 12.1. The zero-order valence-electron chi connectivity index (χ0n) is 22.7. The van der Waals surface area contributed by atoms with Gasteiger partial charge in [0.25, 0.3) is 0 Å². The molecular weight excluding hydrogens is 420 g/mol. The van der Waals surface area contributed by atoms with E-state index in [1.165, 1.54) is 12.8 Å². The van der Waals surface area contributed by atoms with Gasteiger partial charge in [-0.1, -0.05) is 71.8 Å². The van der Waals surface area contributed by atoms with E-state index >= 15 is 0 Å². The van der Waals surface area contributed by atoms with Crippen LogP contribution in [-0.4, -0.2) is 22.3 Å². The van der Waals surface area contributed by atoms with Crippen LogP contribution in [-0.2, 0) is 4.79 Å². The van der Waals surface area contributed by atoms with E-state index in [0.717, 1.165) is 38.5 Å². The first-order valence-corrected chi connectivity index (χ1v) is 14.1. The van der Waals surface area contributed by atoms with E-state index in [1.807, 2.05) is 0 Å². The van der Waals surface area contributed by atoms with Gasteiger partial charge in [0.05, 0.1) is 12.5 Å². The van der Waals surface area contributed by atoms with E-state index in [1.54, 1.807) is 11.1 Å². The van der Waals surface area contributed by atoms with E-state index in [2.05, 4.69) is 60.6 Å². The van der Waals surface area contributed by atoms with Crippen molar-refractivity contribution in [2.75, 3.05) is 0 Å². The number of carboxylic acid groups (broad SMARTS) is 1. The van der Waals surface area contributed by atoms with Gasteiger partial charge in [0.2, 0.25) is 0 Å². The minimum atomic E-state index is -0.620. The van der Waals surface area contributed by atoms with Gasteiger partial charge in [-0.25, -0.2) is 0 Å². The minimum Gasteiger partial charge on any atom is -0.481 e. The highest BCUT2D eigenvalue weighted by Gasteiger charge is 2.66. The maximum Gasteiger partial charge on any atom is 0.303 e. The third-order valence-electron chi connectivity index (χ3n) is 13.0. The average molecular weight is 469 g/mol. The Balaban J connectivity index is 1.65. The molecule has 0 aromatic carbocycles. The number of aliphatic carboxylic acids is 1. The summed E-state index contributed by atoms with van der Waals surface area (Å²) in [6, 6.07) is 0. The largest absolute Gasteiger partial charge is 0.481 e. The highest BCUT2D eigenvalue weighted by atomic mass is 16.4. The van der Waals surface area contributed by atoms with Crippen molar-refractivity contribution in [2.45, 2.75) is 112 Å². The topological polar surface area (TPSA) is 57.5 Å². The summed E-state index contributed by atoms with van der Waals surface area (Å²) in [5.41, 5.74) is 3.38. The fourth-order valence-electron chi connectivity index (χ4n) is 10.5. The molecule has 0 saturated heterocycles. The second kappa shape index (κ2) is 7.46. The van der Waals surface area contributed by atoms with Crippen molar-refractivity contribution in [1.82, 2.24) is 0 Å². The third kappa shape index (κ3) is 2.94. The summed E-state index contributed by atoms with van der Waals surface area (Å²) in [7, 11) is 0. The monoisotopic (exact) mass is 468 g/mol. The second-order valence-electron chi connectivity index (χ2n) is 14.5. The van der Waals surface area contributed by atoms with E-state index < -0.39 is 5.97 Å². The van der Waals surface area contributed by atoms with Crippen LogP contribution in [0.25, 0.3) is 0 Å². The number of hydrogen-bond donors (Lipinski definition) is 2. The Bertz CT molecular complexity index is 944. The van der Waals surface area contributed by atoms with Crippen molar-refractivity contribution >= 4 is 5.97 Å². The van der Waals surface area contributed by atoms with Gasteiger partial charge < -0.3 is 10.2 Å². The normalized spacial score (nSPS) is 51.7. The third-order valence-corrected chi connectivity index (χ3v) is 13.0. The molecule has 0 aliphatic heterocycles. The van der Waals surface area contributed by atoms with Crippen LogP contribution in [0.5, 0.6) is 0 Å². The van der Waals surface area contributed by atoms with Gasteiger partial charge in [-0.05, 0) is 102 Å². The van der Waals surface area contributed by atoms with Crippen LogP contribution in [0.2, 0.25) is 0 Å². The summed E-state index contributed by atoms with van der Waals surface area (Å²) in [6.45, 7) is 17.0. The first kappa shape index (κ1) is 24.6. The van der Waals surface area contributed by atoms with Gasteiger partial charge in [0.15, 0.2) is 0 Å². The van der Waals surface area contributed by atoms with E-state index in [0.29, 0.717) is 30.1 Å². The molecule has 34 heavy (non-hydrogen) atoms. The number of carboxylic acids is 1. The summed E-state index contributed by atoms with van der Waals surface area (Å²) in [5, 5.41) is 20.8. The molecule has 3 nitrogen and oxygen atoms in total. The van der Waals surface area contributed by atoms with Crippen molar-refractivity contribution < 1.29 is 15.0 Å². The summed E-state index contributed by atoms with van der Waals surface area (Å²) in [5.74, 6) is 1.42. The standard InChI is InChI=1S/C31H48O3/c1-19-10-15-31(18-25(33)34)17-16-29(6)21(26(31)20(19)2)8-9-23-28(5)13-12-24(32)27(3,4)22(28)11-14-30(23,29)7/h8-9,19-20,22,24,26,32H,10-18H2,1-7H3,(H,33,34)/t19-,20+,22+,24+,26+,28+,29-,30-,31-/m1/s1. The molecule has 3 heteroatoms. The van der Waals surface area contributed by atoms with Gasteiger partial charge in [-0.2, -0.15) is 0 Å². The molecule has 0 spiro atoms. The van der Waals surface area contributed by atoms with Crippen LogP contribution in [0.15, 0.2) is 23.3 Å². The molecule has 4 saturated carbocycles. The Morgan fingerprint density at radius 3 is 2.29 bits per heavy atom. The van der Waals surface area contributed by atoms with Gasteiger partial charge in [-0.15, -0.1) is 0 Å². The molecule has 0 unspecified atom stereocenters. The van der Waals surface area contributed by atoms with Crippen LogP contribution in [0, 0.1) is 50.7 Å². The highest BCUT2D eigenvalue weighted by Crippen LogP contribution is 2.74. The summed E-state index contributed by atoms with van der Waals surface area (Å²) in [4.78, 5) is 12.1. The lowest BCUT2D eigenvalue weighted by Gasteiger charge is -2.69. The Morgan fingerprint density at radius 1 is 0.912 bits per heavy atom. The van der Waals surface area contributed by atoms with Crippen LogP contribution >= 0.6 is 0 Å². The number of allylic oxidation sites excluding steroid dienone is 4. The summed E-state index contributed by atoms with van der Waals surface area (Å²) < 4.78 is 0. The molecule has 0 bridgehead atoms. The van der Waals surface area contributed by atoms with Crippen LogP contribution in [0.4, 0.5) is 0 Å². The fraction of sp³-hybridized carbons (Fsp3) is 0.839. The van der Waals surface area contributed by atoms with E-state index in [4.69, 9.17) is 0 Å². The minimum absolute atomic E-state index is 0.0589. The van der Waals surface area contributed by atoms with Crippen LogP contribution in [0.1, 0.15) is 106 Å². The molecule has 5 aliphatic carbocycles. The van der Waals surface area contributed by atoms with Crippen molar-refractivity contribution in [3.63, 3.8) is 0 Å². The molecular formula is C31H48O3. The molecule has 5 rings (SSSR count). The SMILES string of the molecule is C[C@H]1[C@H](C)CC[C@]2(CC(=O)O)CC[C@]3(C)C(=CC=C4[C@@]5(C)CC[C@H](O)C(C)(C)[C@@H]5CC[C@]43C)[C@H]12. The second-order valence-corrected chi connectivity index (χ2v) is 14.5. The lowest BCUT2D eigenvalue weighted by molar-refractivity contribution is -0.147. The average Bonchev–Trinajstić information content (AvgIpc) is 2.74. The fourth-order valence-corrected chi connectivity index (χ4v) is 10.5. The van der Waals surface area contributed by atoms with Gasteiger partial charge >= 0.3 is 5.97 Å². The smallest absolute Gasteiger partial charge is 0.303 e. The first-order chi connectivity index (χ1) is 15.7. The zero-order valence-corrected chi connectivity index (χ0v) is 22.7. The molecule has 9 atom stereocenters. The number of hydrogen-bond acceptors (Lipinski definition) is 2. The molecule has 4 fully saturated rings. The van der Waals surface area contributed by atoms with Crippen LogP contribution < -0.4 is 0 Å². The van der Waals surface area contributed by atoms with Crippen molar-refractivity contribution in [2.24, 2.45) is 50.7 Å². The Kier molecular flexibility index (Phi) is 5.40. The van der Waals surface area contributed by atoms with Crippen molar-refractivity contribution in [3.8, 4) is 0 Å². The summed E-state index contributed by atoms with van der Waals surface area (Å²) >= 11 is 0. The zero-order chi connectivity index (χ0) is 24.9. The number of carbonyl (C=O) groups is 1. The molecule has 190 valence electrons. The molecule has 5 aliphatic rings. The predicted octanol–water partition coefficient (Wildman–Crippen LogP) is 7.40. The molecule has 0 radical (unpaired) electrons. The number of aliphatic hydroxyl groups is 1. The lowest BCUT2D eigenvalue weighted by Crippen LogP contribution is -2.61. The molecule has 0 aromatic rings. The van der Waals surface area contributed by atoms with Gasteiger partial charge in [0.1, 0.15) is 0 Å². The van der Waals surface area contributed by atoms with Crippen molar-refractivity contribution in [3.05, 3.63) is 23.3 Å². The van der Waals surface area contributed by atoms with Crippen LogP contribution in [0.3, 0.4) is 0 Å². The molecule has 2 N–H and O–H groups in total. The van der Waals surface area contributed by atoms with Gasteiger partial charge in [-0.3, -0.25) is 4.79 Å². The Labute approximate surface area is 207 Å². The van der Waals surface area contributed by atoms with Crippen molar-refractivity contribution in [1.29, 1.82) is 0 Å². The molecule has 0 heterocycles.